The molecule has 0 spiro atoms. The quantitative estimate of drug-likeness (QED) is 0.878. The Morgan fingerprint density at radius 3 is 2.65 bits per heavy atom. The summed E-state index contributed by atoms with van der Waals surface area (Å²) in [4.78, 5) is 13.5. The molecule has 20 heavy (non-hydrogen) atoms. The van der Waals surface area contributed by atoms with Gasteiger partial charge in [-0.1, -0.05) is 12.1 Å². The van der Waals surface area contributed by atoms with Gasteiger partial charge in [-0.3, -0.25) is 0 Å². The molecule has 7 heteroatoms. The SMILES string of the molecule is CNC1CCN(C(=O)Nc2ccccc2C(F)(F)F)C1. The van der Waals surface area contributed by atoms with Crippen molar-refractivity contribution < 1.29 is 18.0 Å². The highest BCUT2D eigenvalue weighted by Crippen LogP contribution is 2.34. The van der Waals surface area contributed by atoms with Crippen LogP contribution in [0.15, 0.2) is 24.3 Å². The number of para-hydroxylation sites is 1. The van der Waals surface area contributed by atoms with E-state index in [4.69, 9.17) is 0 Å². The van der Waals surface area contributed by atoms with E-state index < -0.39 is 17.8 Å². The maximum absolute atomic E-state index is 12.8. The second-order valence-corrected chi connectivity index (χ2v) is 4.69. The molecule has 0 bridgehead atoms. The summed E-state index contributed by atoms with van der Waals surface area (Å²) in [6.07, 6.45) is -3.69. The van der Waals surface area contributed by atoms with Crippen LogP contribution in [0.5, 0.6) is 0 Å². The van der Waals surface area contributed by atoms with Crippen LogP contribution in [-0.2, 0) is 6.18 Å². The normalized spacial score (nSPS) is 19.2. The molecule has 110 valence electrons. The largest absolute Gasteiger partial charge is 0.418 e. The average molecular weight is 287 g/mol. The lowest BCUT2D eigenvalue weighted by Gasteiger charge is -2.19. The topological polar surface area (TPSA) is 44.4 Å². The Morgan fingerprint density at radius 2 is 2.05 bits per heavy atom. The van der Waals surface area contributed by atoms with Crippen LogP contribution in [0.1, 0.15) is 12.0 Å². The maximum atomic E-state index is 12.8. The number of anilines is 1. The number of halogens is 3. The van der Waals surface area contributed by atoms with E-state index in [1.54, 1.807) is 7.05 Å². The number of hydrogen-bond donors (Lipinski definition) is 2. The average Bonchev–Trinajstić information content (AvgIpc) is 2.87. The van der Waals surface area contributed by atoms with Gasteiger partial charge in [-0.15, -0.1) is 0 Å². The molecule has 1 saturated heterocycles. The fourth-order valence-electron chi connectivity index (χ4n) is 2.21. The number of likely N-dealkylation sites (N-methyl/N-ethyl adjacent to an activating group) is 1. The maximum Gasteiger partial charge on any atom is 0.418 e. The molecule has 0 aromatic heterocycles. The summed E-state index contributed by atoms with van der Waals surface area (Å²) in [5, 5.41) is 5.39. The van der Waals surface area contributed by atoms with Crippen LogP contribution in [0, 0.1) is 0 Å². The Bertz CT molecular complexity index is 490. The highest BCUT2D eigenvalue weighted by Gasteiger charge is 2.34. The molecule has 1 aliphatic heterocycles. The summed E-state index contributed by atoms with van der Waals surface area (Å²) < 4.78 is 38.5. The summed E-state index contributed by atoms with van der Waals surface area (Å²) in [5.74, 6) is 0. The molecular weight excluding hydrogens is 271 g/mol. The Hall–Kier alpha value is -1.76. The molecule has 1 aliphatic rings. The molecule has 1 fully saturated rings. The van der Waals surface area contributed by atoms with Crippen molar-refractivity contribution in [3.05, 3.63) is 29.8 Å². The Morgan fingerprint density at radius 1 is 1.35 bits per heavy atom. The molecule has 0 radical (unpaired) electrons. The minimum Gasteiger partial charge on any atom is -0.323 e. The highest BCUT2D eigenvalue weighted by molar-refractivity contribution is 5.90. The van der Waals surface area contributed by atoms with Crippen LogP contribution < -0.4 is 10.6 Å². The van der Waals surface area contributed by atoms with Gasteiger partial charge in [-0.05, 0) is 25.6 Å². The van der Waals surface area contributed by atoms with E-state index in [1.807, 2.05) is 0 Å². The summed E-state index contributed by atoms with van der Waals surface area (Å²) in [5.41, 5.74) is -1.05. The van der Waals surface area contributed by atoms with Crippen LogP contribution in [0.3, 0.4) is 0 Å². The van der Waals surface area contributed by atoms with E-state index in [0.717, 1.165) is 12.5 Å². The number of amides is 2. The number of alkyl halides is 3. The van der Waals surface area contributed by atoms with Gasteiger partial charge in [0.2, 0.25) is 0 Å². The smallest absolute Gasteiger partial charge is 0.323 e. The minimum atomic E-state index is -4.48. The number of carbonyl (C=O) groups is 1. The fourth-order valence-corrected chi connectivity index (χ4v) is 2.21. The van der Waals surface area contributed by atoms with Gasteiger partial charge in [0.1, 0.15) is 0 Å². The van der Waals surface area contributed by atoms with Crippen molar-refractivity contribution in [2.45, 2.75) is 18.6 Å². The summed E-state index contributed by atoms with van der Waals surface area (Å²) >= 11 is 0. The van der Waals surface area contributed by atoms with Gasteiger partial charge >= 0.3 is 12.2 Å². The van der Waals surface area contributed by atoms with E-state index in [1.165, 1.54) is 23.1 Å². The number of rotatable bonds is 2. The first-order valence-electron chi connectivity index (χ1n) is 6.31. The zero-order chi connectivity index (χ0) is 14.8. The molecule has 2 rings (SSSR count). The predicted octanol–water partition coefficient (Wildman–Crippen LogP) is 2.53. The van der Waals surface area contributed by atoms with Gasteiger partial charge in [-0.25, -0.2) is 4.79 Å². The lowest BCUT2D eigenvalue weighted by Crippen LogP contribution is -2.36. The van der Waals surface area contributed by atoms with Crippen molar-refractivity contribution >= 4 is 11.7 Å². The van der Waals surface area contributed by atoms with Gasteiger partial charge in [0, 0.05) is 19.1 Å². The number of benzene rings is 1. The number of urea groups is 1. The van der Waals surface area contributed by atoms with E-state index >= 15 is 0 Å². The van der Waals surface area contributed by atoms with Gasteiger partial charge in [0.05, 0.1) is 11.3 Å². The highest BCUT2D eigenvalue weighted by atomic mass is 19.4. The molecule has 1 aromatic carbocycles. The molecule has 0 saturated carbocycles. The molecule has 1 heterocycles. The Balaban J connectivity index is 2.09. The van der Waals surface area contributed by atoms with Gasteiger partial charge < -0.3 is 15.5 Å². The predicted molar refractivity (Wildman–Crippen MR) is 69.5 cm³/mol. The van der Waals surface area contributed by atoms with Crippen molar-refractivity contribution in [1.82, 2.24) is 10.2 Å². The van der Waals surface area contributed by atoms with Crippen molar-refractivity contribution in [2.24, 2.45) is 0 Å². The van der Waals surface area contributed by atoms with E-state index in [2.05, 4.69) is 10.6 Å². The molecule has 0 aliphatic carbocycles. The number of likely N-dealkylation sites (tertiary alicyclic amines) is 1. The second-order valence-electron chi connectivity index (χ2n) is 4.69. The fraction of sp³-hybridized carbons (Fsp3) is 0.462. The standard InChI is InChI=1S/C13H16F3N3O/c1-17-9-6-7-19(8-9)12(20)18-11-5-3-2-4-10(11)13(14,15)16/h2-5,9,17H,6-8H2,1H3,(H,18,20). The number of carbonyl (C=O) groups excluding carboxylic acids is 1. The molecule has 2 N–H and O–H groups in total. The summed E-state index contributed by atoms with van der Waals surface area (Å²) in [6.45, 7) is 1.03. The lowest BCUT2D eigenvalue weighted by molar-refractivity contribution is -0.136. The van der Waals surface area contributed by atoms with Crippen molar-refractivity contribution in [1.29, 1.82) is 0 Å². The van der Waals surface area contributed by atoms with Crippen LogP contribution in [0.4, 0.5) is 23.7 Å². The van der Waals surface area contributed by atoms with Crippen LogP contribution in [0.2, 0.25) is 0 Å². The first-order valence-corrected chi connectivity index (χ1v) is 6.31. The number of nitrogens with one attached hydrogen (secondary N) is 2. The first kappa shape index (κ1) is 14.6. The van der Waals surface area contributed by atoms with E-state index in [-0.39, 0.29) is 11.7 Å². The van der Waals surface area contributed by atoms with Crippen molar-refractivity contribution in [3.63, 3.8) is 0 Å². The minimum absolute atomic E-state index is 0.193. The summed E-state index contributed by atoms with van der Waals surface area (Å²) in [6, 6.07) is 4.66. The van der Waals surface area contributed by atoms with Crippen molar-refractivity contribution in [3.8, 4) is 0 Å². The monoisotopic (exact) mass is 287 g/mol. The van der Waals surface area contributed by atoms with Gasteiger partial charge in [-0.2, -0.15) is 13.2 Å². The third kappa shape index (κ3) is 3.22. The molecule has 1 aromatic rings. The zero-order valence-corrected chi connectivity index (χ0v) is 11.0. The van der Waals surface area contributed by atoms with Crippen LogP contribution in [-0.4, -0.2) is 37.1 Å². The lowest BCUT2D eigenvalue weighted by atomic mass is 10.1. The number of nitrogens with zero attached hydrogens (tertiary/aromatic N) is 1. The first-order chi connectivity index (χ1) is 9.41. The Labute approximate surface area is 114 Å². The number of hydrogen-bond acceptors (Lipinski definition) is 2. The zero-order valence-electron chi connectivity index (χ0n) is 11.0. The molecule has 1 unspecified atom stereocenters. The van der Waals surface area contributed by atoms with Crippen molar-refractivity contribution in [2.75, 3.05) is 25.5 Å². The molecule has 2 amide bonds. The summed E-state index contributed by atoms with van der Waals surface area (Å²) in [7, 11) is 1.80. The van der Waals surface area contributed by atoms with E-state index in [0.29, 0.717) is 13.1 Å². The van der Waals surface area contributed by atoms with Crippen LogP contribution in [0.25, 0.3) is 0 Å². The van der Waals surface area contributed by atoms with Crippen LogP contribution >= 0.6 is 0 Å². The Kier molecular flexibility index (Phi) is 4.17. The molecule has 1 atom stereocenters. The third-order valence-corrected chi connectivity index (χ3v) is 3.36. The van der Waals surface area contributed by atoms with E-state index in [9.17, 15) is 18.0 Å². The van der Waals surface area contributed by atoms with Gasteiger partial charge in [0.25, 0.3) is 0 Å². The molecular formula is C13H16F3N3O. The molecule has 4 nitrogen and oxygen atoms in total. The van der Waals surface area contributed by atoms with Gasteiger partial charge in [0.15, 0.2) is 0 Å². The second kappa shape index (κ2) is 5.70. The third-order valence-electron chi connectivity index (χ3n) is 3.36.